The van der Waals surface area contributed by atoms with E-state index in [1.807, 2.05) is 0 Å². The van der Waals surface area contributed by atoms with Crippen LogP contribution >= 0.6 is 0 Å². The van der Waals surface area contributed by atoms with Gasteiger partial charge in [0.25, 0.3) is 0 Å². The van der Waals surface area contributed by atoms with Gasteiger partial charge in [0.05, 0.1) is 11.7 Å². The van der Waals surface area contributed by atoms with Crippen LogP contribution in [0.1, 0.15) is 59.6 Å². The van der Waals surface area contributed by atoms with Gasteiger partial charge in [-0.05, 0) is 36.1 Å². The topological polar surface area (TPSA) is 112 Å². The zero-order valence-corrected chi connectivity index (χ0v) is 10.7. The Hall–Kier alpha value is -2.32. The third kappa shape index (κ3) is 1.86. The molecule has 20 heavy (non-hydrogen) atoms. The molecule has 2 aliphatic carbocycles. The fourth-order valence-electron chi connectivity index (χ4n) is 2.40. The molecule has 2 fully saturated rings. The molecule has 0 amide bonds. The first kappa shape index (κ1) is 11.5. The van der Waals surface area contributed by atoms with Crippen LogP contribution < -0.4 is 0 Å². The quantitative estimate of drug-likeness (QED) is 0.830. The van der Waals surface area contributed by atoms with Gasteiger partial charge in [0.1, 0.15) is 6.54 Å². The average Bonchev–Trinajstić information content (AvgIpc) is 3.35. The maximum Gasteiger partial charge on any atom is 0.358 e. The molecule has 2 heterocycles. The van der Waals surface area contributed by atoms with Crippen molar-refractivity contribution in [3.05, 3.63) is 17.2 Å². The lowest BCUT2D eigenvalue weighted by atomic mass is 10.2. The van der Waals surface area contributed by atoms with Crippen molar-refractivity contribution in [3.8, 4) is 0 Å². The Balaban J connectivity index is 1.68. The van der Waals surface area contributed by atoms with Crippen molar-refractivity contribution in [2.24, 2.45) is 0 Å². The molecule has 104 valence electrons. The normalized spacial score (nSPS) is 18.4. The first-order valence-electron chi connectivity index (χ1n) is 6.67. The van der Waals surface area contributed by atoms with Gasteiger partial charge in [0.2, 0.25) is 0 Å². The number of nitrogens with zero attached hydrogens (tertiary/aromatic N) is 7. The van der Waals surface area contributed by atoms with E-state index in [-0.39, 0.29) is 11.6 Å². The summed E-state index contributed by atoms with van der Waals surface area (Å²) in [5.41, 5.74) is 0.751. The monoisotopic (exact) mass is 275 g/mol. The molecule has 2 aromatic rings. The molecule has 9 nitrogen and oxygen atoms in total. The average molecular weight is 275 g/mol. The van der Waals surface area contributed by atoms with Crippen molar-refractivity contribution in [1.82, 2.24) is 35.2 Å². The largest absolute Gasteiger partial charge is 0.476 e. The highest BCUT2D eigenvalue weighted by Crippen LogP contribution is 2.41. The predicted octanol–water partition coefficient (Wildman–Crippen LogP) is 0.223. The van der Waals surface area contributed by atoms with Crippen LogP contribution in [0.5, 0.6) is 0 Å². The molecule has 1 N–H and O–H groups in total. The van der Waals surface area contributed by atoms with Gasteiger partial charge in [-0.25, -0.2) is 14.2 Å². The molecule has 2 saturated carbocycles. The highest BCUT2D eigenvalue weighted by atomic mass is 16.4. The number of carboxylic acid groups (broad SMARTS) is 1. The maximum atomic E-state index is 11.2. The molecule has 0 spiro atoms. The molecule has 2 aromatic heterocycles. The van der Waals surface area contributed by atoms with Crippen molar-refractivity contribution >= 4 is 5.97 Å². The summed E-state index contributed by atoms with van der Waals surface area (Å²) < 4.78 is 3.44. The van der Waals surface area contributed by atoms with E-state index in [1.54, 1.807) is 9.36 Å². The first-order chi connectivity index (χ1) is 9.74. The second-order valence-corrected chi connectivity index (χ2v) is 5.33. The fraction of sp³-hybridized carbons (Fsp3) is 0.636. The van der Waals surface area contributed by atoms with Crippen molar-refractivity contribution in [2.75, 3.05) is 0 Å². The Labute approximate surface area is 113 Å². The van der Waals surface area contributed by atoms with Crippen LogP contribution in [0.4, 0.5) is 0 Å². The Morgan fingerprint density at radius 1 is 1.20 bits per heavy atom. The van der Waals surface area contributed by atoms with Gasteiger partial charge in [-0.3, -0.25) is 0 Å². The summed E-state index contributed by atoms with van der Waals surface area (Å²) in [6, 6.07) is 0.381. The van der Waals surface area contributed by atoms with Gasteiger partial charge in [-0.15, -0.1) is 10.2 Å². The van der Waals surface area contributed by atoms with Crippen LogP contribution in [0.25, 0.3) is 0 Å². The number of hydrogen-bond donors (Lipinski definition) is 1. The lowest BCUT2D eigenvalue weighted by molar-refractivity contribution is 0.0689. The maximum absolute atomic E-state index is 11.2. The standard InChI is InChI=1S/C11H13N7O2/c19-11(20)9-10(6-1-2-6)17(15-13-9)5-8-12-14-16-18(8)7-3-4-7/h6-7H,1-5H2,(H,19,20). The summed E-state index contributed by atoms with van der Waals surface area (Å²) in [4.78, 5) is 11.2. The third-order valence-electron chi connectivity index (χ3n) is 3.68. The van der Waals surface area contributed by atoms with Gasteiger partial charge < -0.3 is 5.11 Å². The molecule has 0 aliphatic heterocycles. The van der Waals surface area contributed by atoms with Crippen molar-refractivity contribution in [2.45, 2.75) is 44.2 Å². The fourth-order valence-corrected chi connectivity index (χ4v) is 2.40. The summed E-state index contributed by atoms with van der Waals surface area (Å²) >= 11 is 0. The van der Waals surface area contributed by atoms with Gasteiger partial charge in [0.15, 0.2) is 11.5 Å². The Morgan fingerprint density at radius 3 is 2.65 bits per heavy atom. The summed E-state index contributed by atoms with van der Waals surface area (Å²) in [5, 5.41) is 28.6. The van der Waals surface area contributed by atoms with Gasteiger partial charge >= 0.3 is 5.97 Å². The van der Waals surface area contributed by atoms with Crippen molar-refractivity contribution < 1.29 is 9.90 Å². The smallest absolute Gasteiger partial charge is 0.358 e. The molecule has 2 aliphatic rings. The minimum atomic E-state index is -1.03. The summed E-state index contributed by atoms with van der Waals surface area (Å²) in [6.45, 7) is 0.371. The van der Waals surface area contributed by atoms with E-state index in [0.717, 1.165) is 25.7 Å². The summed E-state index contributed by atoms with van der Waals surface area (Å²) in [5.74, 6) is -0.0717. The van der Waals surface area contributed by atoms with Gasteiger partial charge in [-0.2, -0.15) is 0 Å². The number of carboxylic acids is 1. The summed E-state index contributed by atoms with van der Waals surface area (Å²) in [7, 11) is 0. The van der Waals surface area contributed by atoms with E-state index in [0.29, 0.717) is 24.1 Å². The molecule has 9 heteroatoms. The number of aromatic carboxylic acids is 1. The van der Waals surface area contributed by atoms with E-state index in [2.05, 4.69) is 25.8 Å². The van der Waals surface area contributed by atoms with E-state index < -0.39 is 5.97 Å². The third-order valence-corrected chi connectivity index (χ3v) is 3.68. The number of tetrazole rings is 1. The van der Waals surface area contributed by atoms with Crippen molar-refractivity contribution in [3.63, 3.8) is 0 Å². The highest BCUT2D eigenvalue weighted by molar-refractivity contribution is 5.86. The van der Waals surface area contributed by atoms with Crippen molar-refractivity contribution in [1.29, 1.82) is 0 Å². The molecule has 0 radical (unpaired) electrons. The number of rotatable bonds is 5. The minimum absolute atomic E-state index is 0.0537. The predicted molar refractivity (Wildman–Crippen MR) is 64.1 cm³/mol. The van der Waals surface area contributed by atoms with Crippen LogP contribution in [0.3, 0.4) is 0 Å². The molecule has 0 bridgehead atoms. The SMILES string of the molecule is O=C(O)c1nnn(Cc2nnnn2C2CC2)c1C1CC1. The molecule has 0 atom stereocenters. The van der Waals surface area contributed by atoms with Crippen LogP contribution in [-0.4, -0.2) is 46.3 Å². The first-order valence-corrected chi connectivity index (χ1v) is 6.67. The van der Waals surface area contributed by atoms with Crippen LogP contribution in [0, 0.1) is 0 Å². The second-order valence-electron chi connectivity index (χ2n) is 5.33. The number of hydrogen-bond acceptors (Lipinski definition) is 6. The summed E-state index contributed by atoms with van der Waals surface area (Å²) in [6.07, 6.45) is 4.15. The highest BCUT2D eigenvalue weighted by Gasteiger charge is 2.35. The zero-order valence-electron chi connectivity index (χ0n) is 10.7. The molecule has 0 unspecified atom stereocenters. The Kier molecular flexibility index (Phi) is 2.35. The Morgan fingerprint density at radius 2 is 2.00 bits per heavy atom. The lowest BCUT2D eigenvalue weighted by Gasteiger charge is -2.06. The Bertz CT molecular complexity index is 668. The van der Waals surface area contributed by atoms with E-state index in [1.165, 1.54) is 0 Å². The molecular formula is C11H13N7O2. The lowest BCUT2D eigenvalue weighted by Crippen LogP contribution is -2.13. The van der Waals surface area contributed by atoms with Crippen LogP contribution in [-0.2, 0) is 6.54 Å². The van der Waals surface area contributed by atoms with Crippen LogP contribution in [0.2, 0.25) is 0 Å². The number of carbonyl (C=O) groups is 1. The minimum Gasteiger partial charge on any atom is -0.476 e. The number of aromatic nitrogens is 7. The van der Waals surface area contributed by atoms with Gasteiger partial charge in [0, 0.05) is 5.92 Å². The zero-order chi connectivity index (χ0) is 13.7. The van der Waals surface area contributed by atoms with E-state index >= 15 is 0 Å². The molecule has 4 rings (SSSR count). The van der Waals surface area contributed by atoms with E-state index in [9.17, 15) is 9.90 Å². The van der Waals surface area contributed by atoms with Gasteiger partial charge in [-0.1, -0.05) is 5.21 Å². The molecule has 0 aromatic carbocycles. The molecular weight excluding hydrogens is 262 g/mol. The van der Waals surface area contributed by atoms with E-state index in [4.69, 9.17) is 0 Å². The second kappa shape index (κ2) is 4.09. The molecule has 0 saturated heterocycles. The van der Waals surface area contributed by atoms with Crippen LogP contribution in [0.15, 0.2) is 0 Å².